The molecule has 1 aliphatic rings. The average molecular weight is 451 g/mol. The number of H-pyrrole nitrogens is 1. The van der Waals surface area contributed by atoms with E-state index in [0.29, 0.717) is 34.7 Å². The van der Waals surface area contributed by atoms with Gasteiger partial charge in [-0.15, -0.1) is 0 Å². The summed E-state index contributed by atoms with van der Waals surface area (Å²) in [6, 6.07) is 12.5. The maximum absolute atomic E-state index is 14.1. The van der Waals surface area contributed by atoms with Gasteiger partial charge in [0, 0.05) is 49.4 Å². The zero-order chi connectivity index (χ0) is 23.7. The van der Waals surface area contributed by atoms with E-state index in [4.69, 9.17) is 0 Å². The Morgan fingerprint density at radius 2 is 1.97 bits per heavy atom. The first-order valence-electron chi connectivity index (χ1n) is 11.4. The Balaban J connectivity index is 1.51. The fourth-order valence-electron chi connectivity index (χ4n) is 4.68. The largest absolute Gasteiger partial charge is 0.368 e. The number of halogens is 1. The van der Waals surface area contributed by atoms with E-state index in [1.807, 2.05) is 36.1 Å². The van der Waals surface area contributed by atoms with Crippen LogP contribution in [0.1, 0.15) is 43.2 Å². The summed E-state index contributed by atoms with van der Waals surface area (Å²) in [5, 5.41) is 3.33. The lowest BCUT2D eigenvalue weighted by molar-refractivity contribution is -0.131. The number of rotatable bonds is 5. The Kier molecular flexibility index (Phi) is 6.40. The van der Waals surface area contributed by atoms with E-state index in [0.717, 1.165) is 30.8 Å². The Morgan fingerprint density at radius 3 is 2.67 bits per heavy atom. The summed E-state index contributed by atoms with van der Waals surface area (Å²) in [5.74, 6) is -0.0617. The maximum atomic E-state index is 14.1. The van der Waals surface area contributed by atoms with Crippen molar-refractivity contribution in [1.82, 2.24) is 9.88 Å². The molecule has 1 saturated heterocycles. The highest BCUT2D eigenvalue weighted by Gasteiger charge is 2.29. The van der Waals surface area contributed by atoms with E-state index in [1.165, 1.54) is 6.07 Å². The van der Waals surface area contributed by atoms with Crippen molar-refractivity contribution < 1.29 is 14.0 Å². The summed E-state index contributed by atoms with van der Waals surface area (Å²) < 4.78 is 14.1. The van der Waals surface area contributed by atoms with Gasteiger partial charge in [0.2, 0.25) is 5.91 Å². The third-order valence-electron chi connectivity index (χ3n) is 6.29. The molecule has 4 rings (SSSR count). The van der Waals surface area contributed by atoms with Gasteiger partial charge in [0.25, 0.3) is 5.91 Å². The highest BCUT2D eigenvalue weighted by molar-refractivity contribution is 6.06. The number of fused-ring (bicyclic) bond motifs is 1. The van der Waals surface area contributed by atoms with E-state index in [-0.39, 0.29) is 23.7 Å². The molecular formula is C26H31FN4O2. The third-order valence-corrected chi connectivity index (χ3v) is 6.29. The molecule has 0 aliphatic carbocycles. The van der Waals surface area contributed by atoms with Crippen molar-refractivity contribution in [3.63, 3.8) is 0 Å². The van der Waals surface area contributed by atoms with Crippen molar-refractivity contribution in [1.29, 1.82) is 0 Å². The van der Waals surface area contributed by atoms with Crippen LogP contribution in [0.2, 0.25) is 0 Å². The summed E-state index contributed by atoms with van der Waals surface area (Å²) in [6.07, 6.45) is 0.947. The van der Waals surface area contributed by atoms with Crippen LogP contribution in [0.15, 0.2) is 42.5 Å². The van der Waals surface area contributed by atoms with Gasteiger partial charge in [0.1, 0.15) is 11.5 Å². The molecule has 1 aliphatic heterocycles. The molecule has 2 heterocycles. The van der Waals surface area contributed by atoms with Crippen LogP contribution in [0, 0.1) is 18.7 Å². The molecule has 1 aromatic heterocycles. The lowest BCUT2D eigenvalue weighted by Crippen LogP contribution is -2.55. The van der Waals surface area contributed by atoms with Crippen molar-refractivity contribution in [3.8, 4) is 0 Å². The standard InChI is InChI=1S/C26H31FN4O2/c1-16(2)12-21-15-30(10-11-31(21)18(4)32)20-7-5-6-19(13-20)28-26(33)24-14-22-23(27)9-8-17(3)25(22)29-24/h5-9,13-14,16,21,29H,10-12,15H2,1-4H3,(H,28,33). The smallest absolute Gasteiger partial charge is 0.272 e. The number of hydrogen-bond donors (Lipinski definition) is 2. The number of amides is 2. The van der Waals surface area contributed by atoms with E-state index in [2.05, 4.69) is 29.0 Å². The minimum absolute atomic E-state index is 0.117. The van der Waals surface area contributed by atoms with Crippen molar-refractivity contribution >= 4 is 34.1 Å². The lowest BCUT2D eigenvalue weighted by atomic mass is 9.99. The molecule has 174 valence electrons. The van der Waals surface area contributed by atoms with Gasteiger partial charge in [-0.1, -0.05) is 26.0 Å². The second-order valence-corrected chi connectivity index (χ2v) is 9.28. The van der Waals surface area contributed by atoms with Gasteiger partial charge in [-0.25, -0.2) is 4.39 Å². The van der Waals surface area contributed by atoms with Crippen LogP contribution in [-0.4, -0.2) is 47.4 Å². The minimum Gasteiger partial charge on any atom is -0.368 e. The fraction of sp³-hybridized carbons (Fsp3) is 0.385. The number of carbonyl (C=O) groups is 2. The van der Waals surface area contributed by atoms with Crippen molar-refractivity contribution in [2.45, 2.75) is 40.2 Å². The quantitative estimate of drug-likeness (QED) is 0.578. The normalized spacial score (nSPS) is 16.5. The van der Waals surface area contributed by atoms with Crippen LogP contribution in [0.25, 0.3) is 10.9 Å². The number of anilines is 2. The predicted octanol–water partition coefficient (Wildman–Crippen LogP) is 4.95. The molecule has 1 fully saturated rings. The number of hydrogen-bond acceptors (Lipinski definition) is 3. The van der Waals surface area contributed by atoms with Crippen molar-refractivity contribution in [2.24, 2.45) is 5.92 Å². The Labute approximate surface area is 193 Å². The molecule has 2 amide bonds. The number of benzene rings is 2. The monoisotopic (exact) mass is 450 g/mol. The van der Waals surface area contributed by atoms with Gasteiger partial charge in [0.05, 0.1) is 5.52 Å². The van der Waals surface area contributed by atoms with Crippen LogP contribution >= 0.6 is 0 Å². The molecule has 1 atom stereocenters. The SMILES string of the molecule is CC(=O)N1CCN(c2cccc(NC(=O)c3cc4c(F)ccc(C)c4[nH]3)c2)CC1CC(C)C. The highest BCUT2D eigenvalue weighted by Crippen LogP contribution is 2.26. The topological polar surface area (TPSA) is 68.4 Å². The second kappa shape index (κ2) is 9.25. The van der Waals surface area contributed by atoms with Gasteiger partial charge in [-0.05, 0) is 55.2 Å². The van der Waals surface area contributed by atoms with Crippen LogP contribution in [0.4, 0.5) is 15.8 Å². The molecule has 0 bridgehead atoms. The van der Waals surface area contributed by atoms with E-state index in [1.54, 1.807) is 19.1 Å². The molecule has 3 aromatic rings. The molecule has 2 aromatic carbocycles. The van der Waals surface area contributed by atoms with Gasteiger partial charge in [-0.2, -0.15) is 0 Å². The number of nitrogens with zero attached hydrogens (tertiary/aromatic N) is 2. The third kappa shape index (κ3) is 4.87. The summed E-state index contributed by atoms with van der Waals surface area (Å²) in [7, 11) is 0. The first-order valence-corrected chi connectivity index (χ1v) is 11.4. The molecule has 0 spiro atoms. The first kappa shape index (κ1) is 22.8. The zero-order valence-electron chi connectivity index (χ0n) is 19.6. The summed E-state index contributed by atoms with van der Waals surface area (Å²) >= 11 is 0. The van der Waals surface area contributed by atoms with E-state index in [9.17, 15) is 14.0 Å². The van der Waals surface area contributed by atoms with Crippen molar-refractivity contribution in [3.05, 3.63) is 59.5 Å². The molecular weight excluding hydrogens is 419 g/mol. The summed E-state index contributed by atoms with van der Waals surface area (Å²) in [5.41, 5.74) is 3.50. The van der Waals surface area contributed by atoms with E-state index >= 15 is 0 Å². The summed E-state index contributed by atoms with van der Waals surface area (Å²) in [4.78, 5) is 32.2. The average Bonchev–Trinajstić information content (AvgIpc) is 3.23. The Hall–Kier alpha value is -3.35. The lowest BCUT2D eigenvalue weighted by Gasteiger charge is -2.43. The molecule has 2 N–H and O–H groups in total. The molecule has 0 radical (unpaired) electrons. The molecule has 33 heavy (non-hydrogen) atoms. The Bertz CT molecular complexity index is 1150. The van der Waals surface area contributed by atoms with Gasteiger partial charge < -0.3 is 20.1 Å². The van der Waals surface area contributed by atoms with Crippen LogP contribution in [0.3, 0.4) is 0 Å². The Morgan fingerprint density at radius 1 is 1.18 bits per heavy atom. The van der Waals surface area contributed by atoms with Gasteiger partial charge in [-0.3, -0.25) is 9.59 Å². The zero-order valence-corrected chi connectivity index (χ0v) is 19.6. The molecule has 7 heteroatoms. The van der Waals surface area contributed by atoms with Gasteiger partial charge in [0.15, 0.2) is 0 Å². The highest BCUT2D eigenvalue weighted by atomic mass is 19.1. The number of piperazine rings is 1. The van der Waals surface area contributed by atoms with Crippen molar-refractivity contribution in [2.75, 3.05) is 29.9 Å². The molecule has 6 nitrogen and oxygen atoms in total. The predicted molar refractivity (Wildman–Crippen MR) is 130 cm³/mol. The fourth-order valence-corrected chi connectivity index (χ4v) is 4.68. The summed E-state index contributed by atoms with van der Waals surface area (Å²) in [6.45, 7) is 10.0. The maximum Gasteiger partial charge on any atom is 0.272 e. The number of aromatic amines is 1. The number of aromatic nitrogens is 1. The number of aryl methyl sites for hydroxylation is 1. The van der Waals surface area contributed by atoms with Crippen LogP contribution in [-0.2, 0) is 4.79 Å². The molecule has 1 unspecified atom stereocenters. The first-order chi connectivity index (χ1) is 15.7. The van der Waals surface area contributed by atoms with Crippen LogP contribution in [0.5, 0.6) is 0 Å². The van der Waals surface area contributed by atoms with E-state index < -0.39 is 0 Å². The number of carbonyl (C=O) groups excluding carboxylic acids is 2. The molecule has 0 saturated carbocycles. The minimum atomic E-state index is -0.353. The van der Waals surface area contributed by atoms with Crippen LogP contribution < -0.4 is 10.2 Å². The van der Waals surface area contributed by atoms with Gasteiger partial charge >= 0.3 is 0 Å². The number of nitrogens with one attached hydrogen (secondary N) is 2. The second-order valence-electron chi connectivity index (χ2n) is 9.28.